The van der Waals surface area contributed by atoms with Crippen LogP contribution in [0.4, 0.5) is 13.2 Å². The van der Waals surface area contributed by atoms with Crippen molar-refractivity contribution in [1.29, 1.82) is 0 Å². The van der Waals surface area contributed by atoms with E-state index < -0.39 is 19.4 Å². The van der Waals surface area contributed by atoms with Crippen LogP contribution in [0.3, 0.4) is 0 Å². The number of hydrogen-bond acceptors (Lipinski definition) is 2. The lowest BCUT2D eigenvalue weighted by atomic mass is 10.0. The first-order valence-corrected chi connectivity index (χ1v) is 6.53. The van der Waals surface area contributed by atoms with Crippen LogP contribution < -0.4 is 0 Å². The van der Waals surface area contributed by atoms with Gasteiger partial charge in [0, 0.05) is 18.4 Å². The van der Waals surface area contributed by atoms with Gasteiger partial charge in [-0.1, -0.05) is 15.9 Å². The molecule has 7 heteroatoms. The summed E-state index contributed by atoms with van der Waals surface area (Å²) in [4.78, 5) is 13.1. The number of amides is 1. The fraction of sp³-hybridized carbons (Fsp3) is 0.900. The fourth-order valence-electron chi connectivity index (χ4n) is 1.76. The van der Waals surface area contributed by atoms with Crippen molar-refractivity contribution in [1.82, 2.24) is 4.90 Å². The minimum Gasteiger partial charge on any atom is -0.362 e. The molecule has 100 valence electrons. The quantitative estimate of drug-likeness (QED) is 0.744. The van der Waals surface area contributed by atoms with Gasteiger partial charge in [-0.15, -0.1) is 0 Å². The predicted octanol–water partition coefficient (Wildman–Crippen LogP) is 2.20. The van der Waals surface area contributed by atoms with E-state index in [9.17, 15) is 18.0 Å². The van der Waals surface area contributed by atoms with Crippen LogP contribution in [0.1, 0.15) is 12.8 Å². The number of hydrogen-bond donors (Lipinski definition) is 0. The molecule has 0 aromatic rings. The highest BCUT2D eigenvalue weighted by Gasteiger charge is 2.29. The van der Waals surface area contributed by atoms with Crippen molar-refractivity contribution >= 4 is 21.8 Å². The summed E-state index contributed by atoms with van der Waals surface area (Å²) in [5.41, 5.74) is 0. The van der Waals surface area contributed by atoms with Crippen LogP contribution in [0.25, 0.3) is 0 Å². The molecule has 1 atom stereocenters. The third-order valence-electron chi connectivity index (χ3n) is 2.58. The predicted molar refractivity (Wildman–Crippen MR) is 60.0 cm³/mol. The van der Waals surface area contributed by atoms with Gasteiger partial charge in [-0.3, -0.25) is 4.79 Å². The highest BCUT2D eigenvalue weighted by molar-refractivity contribution is 9.09. The molecule has 0 aromatic heterocycles. The second-order valence-electron chi connectivity index (χ2n) is 4.11. The first-order chi connectivity index (χ1) is 7.92. The van der Waals surface area contributed by atoms with Gasteiger partial charge in [0.05, 0.1) is 0 Å². The fourth-order valence-corrected chi connectivity index (χ4v) is 2.29. The van der Waals surface area contributed by atoms with E-state index in [1.807, 2.05) is 0 Å². The number of alkyl halides is 4. The minimum absolute atomic E-state index is 0.361. The van der Waals surface area contributed by atoms with Crippen LogP contribution in [0.5, 0.6) is 0 Å². The van der Waals surface area contributed by atoms with E-state index in [1.54, 1.807) is 4.90 Å². The molecule has 0 N–H and O–H groups in total. The maximum Gasteiger partial charge on any atom is 0.411 e. The third-order valence-corrected chi connectivity index (χ3v) is 3.50. The first-order valence-electron chi connectivity index (χ1n) is 5.40. The summed E-state index contributed by atoms with van der Waals surface area (Å²) < 4.78 is 39.8. The topological polar surface area (TPSA) is 29.5 Å². The Hall–Kier alpha value is -0.300. The second-order valence-corrected chi connectivity index (χ2v) is 4.76. The Morgan fingerprint density at radius 3 is 2.76 bits per heavy atom. The Bertz CT molecular complexity index is 260. The van der Waals surface area contributed by atoms with Gasteiger partial charge in [0.1, 0.15) is 13.2 Å². The molecule has 1 aliphatic heterocycles. The van der Waals surface area contributed by atoms with Crippen molar-refractivity contribution in [3.8, 4) is 0 Å². The maximum atomic E-state index is 11.8. The maximum absolute atomic E-state index is 11.8. The average Bonchev–Trinajstić information content (AvgIpc) is 2.27. The molecule has 1 amide bonds. The highest BCUT2D eigenvalue weighted by atomic mass is 79.9. The van der Waals surface area contributed by atoms with Gasteiger partial charge in [0.25, 0.3) is 0 Å². The van der Waals surface area contributed by atoms with Crippen molar-refractivity contribution < 1.29 is 22.7 Å². The van der Waals surface area contributed by atoms with E-state index in [0.29, 0.717) is 19.0 Å². The van der Waals surface area contributed by atoms with Gasteiger partial charge < -0.3 is 9.64 Å². The Morgan fingerprint density at radius 1 is 1.47 bits per heavy atom. The Morgan fingerprint density at radius 2 is 2.18 bits per heavy atom. The van der Waals surface area contributed by atoms with Crippen LogP contribution in [-0.2, 0) is 9.53 Å². The summed E-state index contributed by atoms with van der Waals surface area (Å²) in [6.07, 6.45) is -2.44. The molecule has 0 saturated carbocycles. The molecule has 1 unspecified atom stereocenters. The number of likely N-dealkylation sites (tertiary alicyclic amines) is 1. The minimum atomic E-state index is -4.37. The van der Waals surface area contributed by atoms with E-state index in [2.05, 4.69) is 20.7 Å². The number of rotatable bonds is 4. The van der Waals surface area contributed by atoms with Gasteiger partial charge in [0.15, 0.2) is 0 Å². The molecule has 0 radical (unpaired) electrons. The first kappa shape index (κ1) is 14.8. The zero-order chi connectivity index (χ0) is 12.9. The molecule has 0 bridgehead atoms. The summed E-state index contributed by atoms with van der Waals surface area (Å²) in [5, 5.41) is 0.806. The van der Waals surface area contributed by atoms with E-state index in [4.69, 9.17) is 0 Å². The third kappa shape index (κ3) is 5.72. The summed E-state index contributed by atoms with van der Waals surface area (Å²) in [7, 11) is 0. The summed E-state index contributed by atoms with van der Waals surface area (Å²) in [6, 6.07) is 0. The van der Waals surface area contributed by atoms with Crippen LogP contribution in [0.2, 0.25) is 0 Å². The number of carbonyl (C=O) groups excluding carboxylic acids is 1. The second kappa shape index (κ2) is 6.58. The number of nitrogens with zero attached hydrogens (tertiary/aromatic N) is 1. The van der Waals surface area contributed by atoms with Gasteiger partial charge in [-0.2, -0.15) is 13.2 Å². The van der Waals surface area contributed by atoms with E-state index in [-0.39, 0.29) is 5.91 Å². The van der Waals surface area contributed by atoms with Crippen LogP contribution in [0, 0.1) is 5.92 Å². The van der Waals surface area contributed by atoms with Crippen LogP contribution >= 0.6 is 15.9 Å². The van der Waals surface area contributed by atoms with Gasteiger partial charge in [0.2, 0.25) is 5.91 Å². The summed E-state index contributed by atoms with van der Waals surface area (Å²) in [5.74, 6) is 0.0233. The molecule has 3 nitrogen and oxygen atoms in total. The van der Waals surface area contributed by atoms with E-state index in [0.717, 1.165) is 18.2 Å². The largest absolute Gasteiger partial charge is 0.411 e. The molecule has 17 heavy (non-hydrogen) atoms. The SMILES string of the molecule is O=C(COCC(F)(F)F)N1CCCC(CBr)C1. The molecule has 1 heterocycles. The van der Waals surface area contributed by atoms with Crippen molar-refractivity contribution in [2.45, 2.75) is 19.0 Å². The standard InChI is InChI=1S/C10H15BrF3NO2/c11-4-8-2-1-3-15(5-8)9(16)6-17-7-10(12,13)14/h8H,1-7H2. The smallest absolute Gasteiger partial charge is 0.362 e. The Kier molecular flexibility index (Phi) is 5.72. The summed E-state index contributed by atoms with van der Waals surface area (Å²) in [6.45, 7) is -0.653. The van der Waals surface area contributed by atoms with Gasteiger partial charge in [-0.25, -0.2) is 0 Å². The van der Waals surface area contributed by atoms with Crippen molar-refractivity contribution in [3.05, 3.63) is 0 Å². The van der Waals surface area contributed by atoms with Crippen molar-refractivity contribution in [2.75, 3.05) is 31.6 Å². The Labute approximate surface area is 106 Å². The number of halogens is 4. The van der Waals surface area contributed by atoms with Crippen molar-refractivity contribution in [3.63, 3.8) is 0 Å². The zero-order valence-electron chi connectivity index (χ0n) is 9.30. The zero-order valence-corrected chi connectivity index (χ0v) is 10.9. The van der Waals surface area contributed by atoms with E-state index >= 15 is 0 Å². The molecule has 0 spiro atoms. The molecule has 1 saturated heterocycles. The van der Waals surface area contributed by atoms with E-state index in [1.165, 1.54) is 0 Å². The molecule has 1 rings (SSSR count). The molecular weight excluding hydrogens is 303 g/mol. The normalized spacial score (nSPS) is 21.6. The lowest BCUT2D eigenvalue weighted by molar-refractivity contribution is -0.178. The molecule has 1 aliphatic rings. The summed E-state index contributed by atoms with van der Waals surface area (Å²) >= 11 is 3.35. The highest BCUT2D eigenvalue weighted by Crippen LogP contribution is 2.19. The molecule has 1 fully saturated rings. The molecular formula is C10H15BrF3NO2. The molecule has 0 aliphatic carbocycles. The number of piperidine rings is 1. The number of carbonyl (C=O) groups is 1. The monoisotopic (exact) mass is 317 g/mol. The van der Waals surface area contributed by atoms with Crippen LogP contribution in [-0.4, -0.2) is 48.6 Å². The Balaban J connectivity index is 2.27. The lowest BCUT2D eigenvalue weighted by Gasteiger charge is -2.31. The molecule has 0 aromatic carbocycles. The lowest BCUT2D eigenvalue weighted by Crippen LogP contribution is -2.42. The number of ether oxygens (including phenoxy) is 1. The van der Waals surface area contributed by atoms with Gasteiger partial charge in [-0.05, 0) is 18.8 Å². The average molecular weight is 318 g/mol. The van der Waals surface area contributed by atoms with Crippen LogP contribution in [0.15, 0.2) is 0 Å². The van der Waals surface area contributed by atoms with Gasteiger partial charge >= 0.3 is 6.18 Å². The van der Waals surface area contributed by atoms with Crippen molar-refractivity contribution in [2.24, 2.45) is 5.92 Å².